The van der Waals surface area contributed by atoms with Gasteiger partial charge in [-0.05, 0) is 64.9 Å². The summed E-state index contributed by atoms with van der Waals surface area (Å²) in [4.78, 5) is 13.3. The van der Waals surface area contributed by atoms with Crippen LogP contribution in [-0.4, -0.2) is 5.78 Å². The number of rotatable bonds is 3. The van der Waals surface area contributed by atoms with Crippen LogP contribution >= 0.6 is 27.3 Å². The van der Waals surface area contributed by atoms with Gasteiger partial charge in [-0.2, -0.15) is 0 Å². The molecule has 0 aromatic carbocycles. The van der Waals surface area contributed by atoms with Gasteiger partial charge in [-0.3, -0.25) is 4.79 Å². The highest BCUT2D eigenvalue weighted by atomic mass is 79.9. The molecule has 0 unspecified atom stereocenters. The Morgan fingerprint density at radius 1 is 1.35 bits per heavy atom. The van der Waals surface area contributed by atoms with E-state index in [1.165, 1.54) is 12.8 Å². The molecular formula is C14H19BrOS. The second-order valence-corrected chi connectivity index (χ2v) is 7.09. The van der Waals surface area contributed by atoms with E-state index in [2.05, 4.69) is 29.8 Å². The third kappa shape index (κ3) is 3.00. The molecule has 0 N–H and O–H groups in total. The largest absolute Gasteiger partial charge is 0.293 e. The fourth-order valence-electron chi connectivity index (χ4n) is 2.70. The van der Waals surface area contributed by atoms with Crippen LogP contribution < -0.4 is 0 Å². The van der Waals surface area contributed by atoms with E-state index < -0.39 is 0 Å². The van der Waals surface area contributed by atoms with Gasteiger partial charge in [0.15, 0.2) is 5.78 Å². The molecule has 1 nitrogen and oxygen atoms in total. The predicted molar refractivity (Wildman–Crippen MR) is 76.6 cm³/mol. The van der Waals surface area contributed by atoms with Crippen molar-refractivity contribution >= 4 is 33.0 Å². The quantitative estimate of drug-likeness (QED) is 0.705. The number of hydrogen-bond donors (Lipinski definition) is 0. The molecule has 0 saturated heterocycles. The van der Waals surface area contributed by atoms with Gasteiger partial charge in [0.05, 0.1) is 4.88 Å². The highest BCUT2D eigenvalue weighted by Crippen LogP contribution is 2.36. The highest BCUT2D eigenvalue weighted by molar-refractivity contribution is 9.10. The number of Topliss-reactive ketones (excluding diaryl/α,β-unsaturated/α-hetero) is 1. The standard InChI is InChI=1S/C14H19BrOS/c1-9(2)10-3-5-11(6-4-10)13(16)14-12(15)7-8-17-14/h7-11H,3-6H2,1-2H3. The van der Waals surface area contributed by atoms with Crippen molar-refractivity contribution < 1.29 is 4.79 Å². The zero-order valence-electron chi connectivity index (χ0n) is 10.4. The van der Waals surface area contributed by atoms with Crippen LogP contribution in [0.4, 0.5) is 0 Å². The van der Waals surface area contributed by atoms with Crippen LogP contribution in [0.25, 0.3) is 0 Å². The molecule has 1 aromatic rings. The molecule has 17 heavy (non-hydrogen) atoms. The maximum Gasteiger partial charge on any atom is 0.176 e. The Hall–Kier alpha value is -0.150. The summed E-state index contributed by atoms with van der Waals surface area (Å²) in [6.07, 6.45) is 4.59. The fourth-order valence-corrected chi connectivity index (χ4v) is 4.29. The first-order valence-electron chi connectivity index (χ1n) is 6.36. The van der Waals surface area contributed by atoms with Crippen molar-refractivity contribution in [3.63, 3.8) is 0 Å². The molecule has 94 valence electrons. The van der Waals surface area contributed by atoms with Gasteiger partial charge in [0, 0.05) is 10.4 Å². The second kappa shape index (κ2) is 5.66. The molecule has 1 saturated carbocycles. The van der Waals surface area contributed by atoms with E-state index >= 15 is 0 Å². The zero-order valence-corrected chi connectivity index (χ0v) is 12.8. The first kappa shape index (κ1) is 13.3. The summed E-state index contributed by atoms with van der Waals surface area (Å²) >= 11 is 5.02. The summed E-state index contributed by atoms with van der Waals surface area (Å²) in [5.41, 5.74) is 0. The summed E-state index contributed by atoms with van der Waals surface area (Å²) < 4.78 is 0.971. The summed E-state index contributed by atoms with van der Waals surface area (Å²) in [5.74, 6) is 2.21. The molecule has 0 atom stereocenters. The van der Waals surface area contributed by atoms with E-state index in [4.69, 9.17) is 0 Å². The van der Waals surface area contributed by atoms with Crippen molar-refractivity contribution in [3.05, 3.63) is 20.8 Å². The highest BCUT2D eigenvalue weighted by Gasteiger charge is 2.29. The van der Waals surface area contributed by atoms with E-state index in [0.717, 1.165) is 34.0 Å². The van der Waals surface area contributed by atoms with Gasteiger partial charge in [-0.1, -0.05) is 13.8 Å². The van der Waals surface area contributed by atoms with Crippen LogP contribution in [0, 0.1) is 17.8 Å². The van der Waals surface area contributed by atoms with Gasteiger partial charge in [0.25, 0.3) is 0 Å². The smallest absolute Gasteiger partial charge is 0.176 e. The van der Waals surface area contributed by atoms with E-state index in [-0.39, 0.29) is 5.92 Å². The number of hydrogen-bond acceptors (Lipinski definition) is 2. The molecule has 0 spiro atoms. The lowest BCUT2D eigenvalue weighted by Crippen LogP contribution is -2.23. The summed E-state index contributed by atoms with van der Waals surface area (Å²) in [6.45, 7) is 4.59. The lowest BCUT2D eigenvalue weighted by molar-refractivity contribution is 0.0862. The minimum atomic E-state index is 0.264. The molecule has 1 heterocycles. The van der Waals surface area contributed by atoms with Crippen molar-refractivity contribution in [2.24, 2.45) is 17.8 Å². The van der Waals surface area contributed by atoms with Crippen LogP contribution in [-0.2, 0) is 0 Å². The van der Waals surface area contributed by atoms with Crippen LogP contribution in [0.5, 0.6) is 0 Å². The van der Waals surface area contributed by atoms with Crippen LogP contribution in [0.2, 0.25) is 0 Å². The summed E-state index contributed by atoms with van der Waals surface area (Å²) in [7, 11) is 0. The molecule has 0 bridgehead atoms. The Bertz CT molecular complexity index is 389. The molecule has 1 fully saturated rings. The van der Waals surface area contributed by atoms with Crippen LogP contribution in [0.3, 0.4) is 0 Å². The minimum absolute atomic E-state index is 0.264. The number of thiophene rings is 1. The second-order valence-electron chi connectivity index (χ2n) is 5.32. The lowest BCUT2D eigenvalue weighted by Gasteiger charge is -2.29. The zero-order chi connectivity index (χ0) is 12.4. The third-order valence-corrected chi connectivity index (χ3v) is 5.78. The number of carbonyl (C=O) groups is 1. The van der Waals surface area contributed by atoms with Gasteiger partial charge in [0.1, 0.15) is 0 Å². The van der Waals surface area contributed by atoms with Crippen molar-refractivity contribution in [3.8, 4) is 0 Å². The first-order chi connectivity index (χ1) is 8.09. The molecule has 0 aliphatic heterocycles. The van der Waals surface area contributed by atoms with Crippen molar-refractivity contribution in [1.82, 2.24) is 0 Å². The van der Waals surface area contributed by atoms with Crippen LogP contribution in [0.15, 0.2) is 15.9 Å². The van der Waals surface area contributed by atoms with Crippen LogP contribution in [0.1, 0.15) is 49.2 Å². The van der Waals surface area contributed by atoms with Crippen molar-refractivity contribution in [1.29, 1.82) is 0 Å². The average Bonchev–Trinajstić information content (AvgIpc) is 2.74. The van der Waals surface area contributed by atoms with Gasteiger partial charge in [-0.25, -0.2) is 0 Å². The molecule has 0 radical (unpaired) electrons. The Morgan fingerprint density at radius 2 is 2.00 bits per heavy atom. The molecule has 1 aliphatic carbocycles. The Kier molecular flexibility index (Phi) is 4.42. The fraction of sp³-hybridized carbons (Fsp3) is 0.643. The van der Waals surface area contributed by atoms with Gasteiger partial charge in [0.2, 0.25) is 0 Å². The molecule has 2 rings (SSSR count). The summed E-state index contributed by atoms with van der Waals surface area (Å²) in [6, 6.07) is 1.97. The Morgan fingerprint density at radius 3 is 2.47 bits per heavy atom. The monoisotopic (exact) mass is 314 g/mol. The van der Waals surface area contributed by atoms with E-state index in [0.29, 0.717) is 5.78 Å². The predicted octanol–water partition coefficient (Wildman–Crippen LogP) is 5.16. The Labute approximate surface area is 116 Å². The van der Waals surface area contributed by atoms with Gasteiger partial charge >= 0.3 is 0 Å². The molecule has 1 aromatic heterocycles. The molecule has 0 amide bonds. The summed E-state index contributed by atoms with van der Waals surface area (Å²) in [5, 5.41) is 1.98. The molecular weight excluding hydrogens is 296 g/mol. The van der Waals surface area contributed by atoms with E-state index in [1.807, 2.05) is 11.4 Å². The minimum Gasteiger partial charge on any atom is -0.293 e. The molecule has 3 heteroatoms. The lowest BCUT2D eigenvalue weighted by atomic mass is 9.75. The normalized spacial score (nSPS) is 25.2. The van der Waals surface area contributed by atoms with Crippen molar-refractivity contribution in [2.75, 3.05) is 0 Å². The van der Waals surface area contributed by atoms with Gasteiger partial charge < -0.3 is 0 Å². The van der Waals surface area contributed by atoms with E-state index in [1.54, 1.807) is 11.3 Å². The van der Waals surface area contributed by atoms with E-state index in [9.17, 15) is 4.79 Å². The maximum absolute atomic E-state index is 12.3. The third-order valence-electron chi connectivity index (χ3n) is 3.93. The SMILES string of the molecule is CC(C)C1CCC(C(=O)c2sccc2Br)CC1. The topological polar surface area (TPSA) is 17.1 Å². The first-order valence-corrected chi connectivity index (χ1v) is 8.04. The molecule has 1 aliphatic rings. The Balaban J connectivity index is 1.98. The van der Waals surface area contributed by atoms with Crippen molar-refractivity contribution in [2.45, 2.75) is 39.5 Å². The maximum atomic E-state index is 12.3. The number of ketones is 1. The average molecular weight is 315 g/mol. The number of halogens is 1. The van der Waals surface area contributed by atoms with Gasteiger partial charge in [-0.15, -0.1) is 11.3 Å². The number of carbonyl (C=O) groups excluding carboxylic acids is 1.